The largest absolute Gasteiger partial charge is 0.339 e. The Morgan fingerprint density at radius 3 is 2.47 bits per heavy atom. The molecule has 1 aliphatic heterocycles. The van der Waals surface area contributed by atoms with Crippen LogP contribution < -0.4 is 5.32 Å². The standard InChI is InChI=1S/C13H16N2O2/c1-9(2)15-8-11(16)14-12(13(15)17)10-6-4-3-5-7-10/h3-7,9,12H,8H2,1-2H3,(H,14,16). The molecule has 0 aliphatic carbocycles. The summed E-state index contributed by atoms with van der Waals surface area (Å²) in [6.07, 6.45) is 0. The van der Waals surface area contributed by atoms with Gasteiger partial charge in [0, 0.05) is 6.04 Å². The second-order valence-electron chi connectivity index (χ2n) is 4.47. The van der Waals surface area contributed by atoms with Gasteiger partial charge in [0.25, 0.3) is 5.91 Å². The Morgan fingerprint density at radius 2 is 1.88 bits per heavy atom. The lowest BCUT2D eigenvalue weighted by Gasteiger charge is -2.35. The van der Waals surface area contributed by atoms with Crippen molar-refractivity contribution in [3.8, 4) is 0 Å². The Kier molecular flexibility index (Phi) is 3.13. The maximum atomic E-state index is 12.2. The molecule has 1 saturated heterocycles. The van der Waals surface area contributed by atoms with E-state index in [1.165, 1.54) is 0 Å². The van der Waals surface area contributed by atoms with Gasteiger partial charge in [-0.2, -0.15) is 0 Å². The summed E-state index contributed by atoms with van der Waals surface area (Å²) in [4.78, 5) is 25.4. The fraction of sp³-hybridized carbons (Fsp3) is 0.385. The fourth-order valence-electron chi connectivity index (χ4n) is 1.98. The summed E-state index contributed by atoms with van der Waals surface area (Å²) in [7, 11) is 0. The van der Waals surface area contributed by atoms with Crippen LogP contribution in [0.3, 0.4) is 0 Å². The van der Waals surface area contributed by atoms with Crippen LogP contribution in [0, 0.1) is 0 Å². The number of nitrogens with zero attached hydrogens (tertiary/aromatic N) is 1. The lowest BCUT2D eigenvalue weighted by atomic mass is 10.0. The summed E-state index contributed by atoms with van der Waals surface area (Å²) in [5.41, 5.74) is 0.830. The van der Waals surface area contributed by atoms with E-state index in [2.05, 4.69) is 5.32 Å². The first-order chi connectivity index (χ1) is 8.09. The van der Waals surface area contributed by atoms with E-state index in [9.17, 15) is 9.59 Å². The van der Waals surface area contributed by atoms with Gasteiger partial charge in [-0.1, -0.05) is 30.3 Å². The Balaban J connectivity index is 2.28. The Hall–Kier alpha value is -1.84. The fourth-order valence-corrected chi connectivity index (χ4v) is 1.98. The topological polar surface area (TPSA) is 49.4 Å². The first-order valence-electron chi connectivity index (χ1n) is 5.74. The van der Waals surface area contributed by atoms with Gasteiger partial charge in [-0.05, 0) is 19.4 Å². The van der Waals surface area contributed by atoms with E-state index in [0.29, 0.717) is 0 Å². The third-order valence-electron chi connectivity index (χ3n) is 2.91. The number of benzene rings is 1. The predicted molar refractivity (Wildman–Crippen MR) is 64.2 cm³/mol. The number of carbonyl (C=O) groups is 2. The van der Waals surface area contributed by atoms with E-state index < -0.39 is 6.04 Å². The second kappa shape index (κ2) is 4.57. The molecule has 1 aromatic carbocycles. The second-order valence-corrected chi connectivity index (χ2v) is 4.47. The third kappa shape index (κ3) is 2.30. The molecule has 1 aliphatic rings. The highest BCUT2D eigenvalue weighted by molar-refractivity contribution is 5.95. The monoisotopic (exact) mass is 232 g/mol. The van der Waals surface area contributed by atoms with Gasteiger partial charge in [0.1, 0.15) is 6.04 Å². The van der Waals surface area contributed by atoms with Gasteiger partial charge in [0.05, 0.1) is 6.54 Å². The molecular weight excluding hydrogens is 216 g/mol. The van der Waals surface area contributed by atoms with E-state index >= 15 is 0 Å². The summed E-state index contributed by atoms with van der Waals surface area (Å²) < 4.78 is 0. The van der Waals surface area contributed by atoms with E-state index in [-0.39, 0.29) is 24.4 Å². The van der Waals surface area contributed by atoms with Crippen molar-refractivity contribution in [3.05, 3.63) is 35.9 Å². The Labute approximate surface area is 101 Å². The lowest BCUT2D eigenvalue weighted by Crippen LogP contribution is -2.55. The first kappa shape index (κ1) is 11.6. The maximum absolute atomic E-state index is 12.2. The molecule has 0 radical (unpaired) electrons. The van der Waals surface area contributed by atoms with Crippen LogP contribution in [-0.2, 0) is 9.59 Å². The highest BCUT2D eigenvalue weighted by Crippen LogP contribution is 2.20. The minimum Gasteiger partial charge on any atom is -0.339 e. The SMILES string of the molecule is CC(C)N1CC(=O)NC(c2ccccc2)C1=O. The molecule has 1 fully saturated rings. The van der Waals surface area contributed by atoms with Gasteiger partial charge in [-0.15, -0.1) is 0 Å². The minimum absolute atomic E-state index is 0.0363. The zero-order valence-electron chi connectivity index (χ0n) is 10.0. The summed E-state index contributed by atoms with van der Waals surface area (Å²) in [6, 6.07) is 8.82. The molecular formula is C13H16N2O2. The van der Waals surface area contributed by atoms with Gasteiger partial charge < -0.3 is 10.2 Å². The maximum Gasteiger partial charge on any atom is 0.250 e. The summed E-state index contributed by atoms with van der Waals surface area (Å²) >= 11 is 0. The zero-order valence-corrected chi connectivity index (χ0v) is 10.0. The van der Waals surface area contributed by atoms with Crippen molar-refractivity contribution in [2.75, 3.05) is 6.54 Å². The molecule has 1 aromatic rings. The van der Waals surface area contributed by atoms with Crippen LogP contribution in [0.5, 0.6) is 0 Å². The molecule has 0 bridgehead atoms. The van der Waals surface area contributed by atoms with Gasteiger partial charge >= 0.3 is 0 Å². The van der Waals surface area contributed by atoms with Gasteiger partial charge in [-0.25, -0.2) is 0 Å². The van der Waals surface area contributed by atoms with Crippen molar-refractivity contribution in [1.29, 1.82) is 0 Å². The number of hydrogen-bond acceptors (Lipinski definition) is 2. The van der Waals surface area contributed by atoms with Gasteiger partial charge in [0.15, 0.2) is 0 Å². The molecule has 4 nitrogen and oxygen atoms in total. The van der Waals surface area contributed by atoms with Crippen LogP contribution in [0.4, 0.5) is 0 Å². The molecule has 17 heavy (non-hydrogen) atoms. The number of carbonyl (C=O) groups excluding carboxylic acids is 2. The quantitative estimate of drug-likeness (QED) is 0.830. The molecule has 1 N–H and O–H groups in total. The summed E-state index contributed by atoms with van der Waals surface area (Å²) in [5.74, 6) is -0.141. The molecule has 1 atom stereocenters. The van der Waals surface area contributed by atoms with Crippen LogP contribution in [0.1, 0.15) is 25.5 Å². The number of amides is 2. The van der Waals surface area contributed by atoms with Gasteiger partial charge in [0.2, 0.25) is 5.91 Å². The average Bonchev–Trinajstić information content (AvgIpc) is 2.32. The zero-order chi connectivity index (χ0) is 12.4. The van der Waals surface area contributed by atoms with E-state index in [0.717, 1.165) is 5.56 Å². The average molecular weight is 232 g/mol. The number of hydrogen-bond donors (Lipinski definition) is 1. The van der Waals surface area contributed by atoms with Gasteiger partial charge in [-0.3, -0.25) is 9.59 Å². The minimum atomic E-state index is -0.542. The lowest BCUT2D eigenvalue weighted by molar-refractivity contribution is -0.146. The van der Waals surface area contributed by atoms with E-state index in [1.54, 1.807) is 4.90 Å². The Bertz CT molecular complexity index is 428. The Morgan fingerprint density at radius 1 is 1.24 bits per heavy atom. The van der Waals surface area contributed by atoms with E-state index in [1.807, 2.05) is 44.2 Å². The molecule has 0 aromatic heterocycles. The summed E-state index contributed by atoms with van der Waals surface area (Å²) in [6.45, 7) is 3.98. The first-order valence-corrected chi connectivity index (χ1v) is 5.74. The third-order valence-corrected chi connectivity index (χ3v) is 2.91. The molecule has 1 heterocycles. The number of nitrogens with one attached hydrogen (secondary N) is 1. The molecule has 0 spiro atoms. The van der Waals surface area contributed by atoms with Crippen LogP contribution in [0.25, 0.3) is 0 Å². The molecule has 1 unspecified atom stereocenters. The van der Waals surface area contributed by atoms with Crippen molar-refractivity contribution < 1.29 is 9.59 Å². The molecule has 2 amide bonds. The van der Waals surface area contributed by atoms with Crippen molar-refractivity contribution in [3.63, 3.8) is 0 Å². The smallest absolute Gasteiger partial charge is 0.250 e. The number of piperazine rings is 1. The van der Waals surface area contributed by atoms with Crippen LogP contribution >= 0.6 is 0 Å². The van der Waals surface area contributed by atoms with Crippen molar-refractivity contribution >= 4 is 11.8 Å². The highest BCUT2D eigenvalue weighted by Gasteiger charge is 2.34. The molecule has 4 heteroatoms. The van der Waals surface area contributed by atoms with Crippen LogP contribution in [-0.4, -0.2) is 29.3 Å². The summed E-state index contributed by atoms with van der Waals surface area (Å²) in [5, 5.41) is 2.74. The number of rotatable bonds is 2. The van der Waals surface area contributed by atoms with Crippen molar-refractivity contribution in [1.82, 2.24) is 10.2 Å². The molecule has 0 saturated carbocycles. The molecule has 2 rings (SSSR count). The van der Waals surface area contributed by atoms with E-state index in [4.69, 9.17) is 0 Å². The predicted octanol–water partition coefficient (Wildman–Crippen LogP) is 1.09. The van der Waals surface area contributed by atoms with Crippen LogP contribution in [0.2, 0.25) is 0 Å². The molecule has 90 valence electrons. The van der Waals surface area contributed by atoms with Crippen molar-refractivity contribution in [2.24, 2.45) is 0 Å². The normalized spacial score (nSPS) is 20.6. The van der Waals surface area contributed by atoms with Crippen LogP contribution in [0.15, 0.2) is 30.3 Å². The highest BCUT2D eigenvalue weighted by atomic mass is 16.2. The van der Waals surface area contributed by atoms with Crippen molar-refractivity contribution in [2.45, 2.75) is 25.9 Å².